The van der Waals surface area contributed by atoms with Gasteiger partial charge in [-0.25, -0.2) is 4.39 Å². The average Bonchev–Trinajstić information content (AvgIpc) is 2.49. The first kappa shape index (κ1) is 15.1. The van der Waals surface area contributed by atoms with Crippen molar-refractivity contribution in [1.29, 1.82) is 0 Å². The van der Waals surface area contributed by atoms with Crippen LogP contribution in [0.4, 0.5) is 10.1 Å². The lowest BCUT2D eigenvalue weighted by molar-refractivity contribution is 0.0926. The normalized spacial score (nSPS) is 20.2. The van der Waals surface area contributed by atoms with Gasteiger partial charge in [-0.15, -0.1) is 0 Å². The molecule has 0 amide bonds. The third kappa shape index (κ3) is 2.73. The first-order chi connectivity index (χ1) is 9.60. The summed E-state index contributed by atoms with van der Waals surface area (Å²) in [4.78, 5) is 2.00. The SMILES string of the molecule is CCC1COCCN1c1ccc(/C(N)=N/O)c(Br)c1F. The number of oxime groups is 1. The van der Waals surface area contributed by atoms with E-state index < -0.39 is 5.82 Å². The Morgan fingerprint density at radius 3 is 3.05 bits per heavy atom. The molecule has 1 aliphatic heterocycles. The van der Waals surface area contributed by atoms with Crippen LogP contribution in [0.15, 0.2) is 21.8 Å². The number of halogens is 2. The fourth-order valence-electron chi connectivity index (χ4n) is 2.32. The Morgan fingerprint density at radius 2 is 2.40 bits per heavy atom. The van der Waals surface area contributed by atoms with Gasteiger partial charge in [0.2, 0.25) is 0 Å². The Balaban J connectivity index is 2.40. The molecular formula is C13H17BrFN3O2. The predicted octanol–water partition coefficient (Wildman–Crippen LogP) is 2.30. The van der Waals surface area contributed by atoms with Gasteiger partial charge in [-0.1, -0.05) is 12.1 Å². The molecule has 0 aromatic heterocycles. The molecule has 5 nitrogen and oxygen atoms in total. The molecule has 7 heteroatoms. The molecular weight excluding hydrogens is 329 g/mol. The maximum atomic E-state index is 14.5. The summed E-state index contributed by atoms with van der Waals surface area (Å²) in [6.45, 7) is 3.86. The van der Waals surface area contributed by atoms with Gasteiger partial charge in [0.05, 0.1) is 29.4 Å². The fraction of sp³-hybridized carbons (Fsp3) is 0.462. The zero-order valence-electron chi connectivity index (χ0n) is 11.1. The third-order valence-corrected chi connectivity index (χ3v) is 4.23. The Bertz CT molecular complexity index is 525. The quantitative estimate of drug-likeness (QED) is 0.381. The van der Waals surface area contributed by atoms with Crippen molar-refractivity contribution in [3.05, 3.63) is 28.0 Å². The van der Waals surface area contributed by atoms with Gasteiger partial charge >= 0.3 is 0 Å². The lowest BCUT2D eigenvalue weighted by Gasteiger charge is -2.37. The zero-order chi connectivity index (χ0) is 14.7. The van der Waals surface area contributed by atoms with Crippen LogP contribution in [0.5, 0.6) is 0 Å². The monoisotopic (exact) mass is 345 g/mol. The minimum Gasteiger partial charge on any atom is -0.409 e. The molecule has 0 spiro atoms. The summed E-state index contributed by atoms with van der Waals surface area (Å²) in [7, 11) is 0. The minimum absolute atomic E-state index is 0.128. The number of amidine groups is 1. The summed E-state index contributed by atoms with van der Waals surface area (Å²) in [5, 5.41) is 11.6. The van der Waals surface area contributed by atoms with Crippen molar-refractivity contribution in [2.45, 2.75) is 19.4 Å². The number of anilines is 1. The van der Waals surface area contributed by atoms with E-state index in [1.807, 2.05) is 11.8 Å². The number of rotatable bonds is 3. The van der Waals surface area contributed by atoms with Gasteiger partial charge in [-0.3, -0.25) is 0 Å². The van der Waals surface area contributed by atoms with Crippen molar-refractivity contribution in [2.75, 3.05) is 24.7 Å². The first-order valence-electron chi connectivity index (χ1n) is 6.40. The fourth-order valence-corrected chi connectivity index (χ4v) is 2.86. The topological polar surface area (TPSA) is 71.1 Å². The molecule has 2 rings (SSSR count). The van der Waals surface area contributed by atoms with E-state index in [0.717, 1.165) is 6.42 Å². The van der Waals surface area contributed by atoms with Crippen molar-refractivity contribution in [2.24, 2.45) is 10.9 Å². The van der Waals surface area contributed by atoms with E-state index in [1.165, 1.54) is 0 Å². The van der Waals surface area contributed by atoms with E-state index in [2.05, 4.69) is 21.1 Å². The molecule has 1 aliphatic rings. The minimum atomic E-state index is -0.408. The second kappa shape index (κ2) is 6.41. The van der Waals surface area contributed by atoms with Crippen LogP contribution in [0.3, 0.4) is 0 Å². The highest BCUT2D eigenvalue weighted by atomic mass is 79.9. The molecule has 0 radical (unpaired) electrons. The van der Waals surface area contributed by atoms with E-state index in [9.17, 15) is 4.39 Å². The largest absolute Gasteiger partial charge is 0.409 e. The van der Waals surface area contributed by atoms with Gasteiger partial charge < -0.3 is 20.6 Å². The predicted molar refractivity (Wildman–Crippen MR) is 78.9 cm³/mol. The smallest absolute Gasteiger partial charge is 0.171 e. The van der Waals surface area contributed by atoms with Crippen molar-refractivity contribution >= 4 is 27.5 Å². The molecule has 1 saturated heterocycles. The Hall–Kier alpha value is -1.34. The molecule has 1 aromatic rings. The van der Waals surface area contributed by atoms with Crippen molar-refractivity contribution in [3.63, 3.8) is 0 Å². The van der Waals surface area contributed by atoms with Gasteiger partial charge in [0, 0.05) is 12.1 Å². The molecule has 1 heterocycles. The number of hydrogen-bond donors (Lipinski definition) is 2. The van der Waals surface area contributed by atoms with Gasteiger partial charge in [-0.2, -0.15) is 0 Å². The Labute approximate surface area is 125 Å². The summed E-state index contributed by atoms with van der Waals surface area (Å²) in [6.07, 6.45) is 0.874. The van der Waals surface area contributed by atoms with Crippen LogP contribution in [0.25, 0.3) is 0 Å². The Morgan fingerprint density at radius 1 is 1.65 bits per heavy atom. The molecule has 110 valence electrons. The second-order valence-corrected chi connectivity index (χ2v) is 5.37. The van der Waals surface area contributed by atoms with Crippen LogP contribution >= 0.6 is 15.9 Å². The van der Waals surface area contributed by atoms with Crippen LogP contribution in [-0.4, -0.2) is 36.8 Å². The highest BCUT2D eigenvalue weighted by Gasteiger charge is 2.26. The maximum absolute atomic E-state index is 14.5. The number of hydrogen-bond acceptors (Lipinski definition) is 4. The summed E-state index contributed by atoms with van der Waals surface area (Å²) in [6, 6.07) is 3.45. The molecule has 20 heavy (non-hydrogen) atoms. The summed E-state index contributed by atoms with van der Waals surface area (Å²) >= 11 is 3.18. The van der Waals surface area contributed by atoms with Gasteiger partial charge in [0.15, 0.2) is 11.7 Å². The first-order valence-corrected chi connectivity index (χ1v) is 7.19. The van der Waals surface area contributed by atoms with Crippen molar-refractivity contribution in [3.8, 4) is 0 Å². The standard InChI is InChI=1S/C13H17BrFN3O2/c1-2-8-7-20-6-5-18(8)10-4-3-9(13(16)17-19)11(14)12(10)15/h3-4,8,19H,2,5-7H2,1H3,(H2,16,17). The van der Waals surface area contributed by atoms with Gasteiger partial charge in [0.1, 0.15) is 0 Å². The molecule has 0 aliphatic carbocycles. The number of nitrogens with zero attached hydrogens (tertiary/aromatic N) is 2. The molecule has 0 bridgehead atoms. The molecule has 1 fully saturated rings. The van der Waals surface area contributed by atoms with Crippen molar-refractivity contribution < 1.29 is 14.3 Å². The van der Waals surface area contributed by atoms with Gasteiger partial charge in [-0.05, 0) is 34.5 Å². The van der Waals surface area contributed by atoms with Crippen molar-refractivity contribution in [1.82, 2.24) is 0 Å². The highest BCUT2D eigenvalue weighted by molar-refractivity contribution is 9.10. The summed E-state index contributed by atoms with van der Waals surface area (Å²) in [5.74, 6) is -0.536. The van der Waals surface area contributed by atoms with E-state index >= 15 is 0 Å². The molecule has 0 saturated carbocycles. The Kier molecular flexibility index (Phi) is 4.82. The maximum Gasteiger partial charge on any atom is 0.171 e. The number of nitrogens with two attached hydrogens (primary N) is 1. The molecule has 1 aromatic carbocycles. The summed E-state index contributed by atoms with van der Waals surface area (Å²) in [5.41, 5.74) is 6.35. The number of ether oxygens (including phenoxy) is 1. The average molecular weight is 346 g/mol. The highest BCUT2D eigenvalue weighted by Crippen LogP contribution is 2.31. The van der Waals surface area contributed by atoms with Crippen LogP contribution in [0, 0.1) is 5.82 Å². The lowest BCUT2D eigenvalue weighted by Crippen LogP contribution is -2.45. The van der Waals surface area contributed by atoms with Crippen LogP contribution in [0.1, 0.15) is 18.9 Å². The third-order valence-electron chi connectivity index (χ3n) is 3.45. The molecule has 1 atom stereocenters. The van der Waals surface area contributed by atoms with Crippen LogP contribution in [0.2, 0.25) is 0 Å². The van der Waals surface area contributed by atoms with E-state index in [4.69, 9.17) is 15.7 Å². The number of morpholine rings is 1. The van der Waals surface area contributed by atoms with E-state index in [0.29, 0.717) is 31.0 Å². The van der Waals surface area contributed by atoms with Crippen LogP contribution in [-0.2, 0) is 4.74 Å². The van der Waals surface area contributed by atoms with E-state index in [1.54, 1.807) is 12.1 Å². The molecule has 3 N–H and O–H groups in total. The zero-order valence-corrected chi connectivity index (χ0v) is 12.7. The summed E-state index contributed by atoms with van der Waals surface area (Å²) < 4.78 is 20.2. The van der Waals surface area contributed by atoms with Gasteiger partial charge in [0.25, 0.3) is 0 Å². The second-order valence-electron chi connectivity index (χ2n) is 4.58. The molecule has 1 unspecified atom stereocenters. The van der Waals surface area contributed by atoms with E-state index in [-0.39, 0.29) is 16.4 Å². The van der Waals surface area contributed by atoms with Crippen LogP contribution < -0.4 is 10.6 Å². The number of benzene rings is 1. The lowest BCUT2D eigenvalue weighted by atomic mass is 10.1.